The summed E-state index contributed by atoms with van der Waals surface area (Å²) < 4.78 is 71.4. The van der Waals surface area contributed by atoms with Crippen molar-refractivity contribution in [2.24, 2.45) is 41.4 Å². The first-order chi connectivity index (χ1) is 45.7. The van der Waals surface area contributed by atoms with Gasteiger partial charge in [0, 0.05) is 126 Å². The van der Waals surface area contributed by atoms with Gasteiger partial charge in [-0.2, -0.15) is 0 Å². The lowest BCUT2D eigenvalue weighted by molar-refractivity contribution is 0.0432. The highest BCUT2D eigenvalue weighted by Crippen LogP contribution is 2.50. The number of halogens is 6. The van der Waals surface area contributed by atoms with Crippen LogP contribution in [0.2, 0.25) is 5.15 Å². The second kappa shape index (κ2) is 28.8. The second-order valence-electron chi connectivity index (χ2n) is 25.8. The number of hydrogen-bond acceptors (Lipinski definition) is 18. The number of nitrogen functional groups attached to an aromatic ring is 2. The van der Waals surface area contributed by atoms with Crippen LogP contribution in [-0.4, -0.2) is 174 Å². The van der Waals surface area contributed by atoms with Gasteiger partial charge in [0.2, 0.25) is 0 Å². The minimum atomic E-state index is -1.46. The summed E-state index contributed by atoms with van der Waals surface area (Å²) in [4.78, 5) is 75.3. The normalized spacial score (nSPS) is 31.1. The van der Waals surface area contributed by atoms with Gasteiger partial charge in [0.15, 0.2) is 16.8 Å². The molecule has 0 aromatic carbocycles. The number of aromatic nitrogens is 15. The van der Waals surface area contributed by atoms with Crippen molar-refractivity contribution < 1.29 is 52.6 Å². The Morgan fingerprint density at radius 2 is 0.705 bits per heavy atom. The maximum Gasteiger partial charge on any atom is 0.275 e. The first kappa shape index (κ1) is 68.4. The van der Waals surface area contributed by atoms with Gasteiger partial charge in [-0.15, -0.1) is 0 Å². The molecule has 25 nitrogen and oxygen atoms in total. The molecule has 0 radical (unpaired) electrons. The summed E-state index contributed by atoms with van der Waals surface area (Å²) in [6, 6.07) is 0. The number of aliphatic hydroxyl groups excluding tert-OH is 6. The van der Waals surface area contributed by atoms with E-state index in [9.17, 15) is 46.9 Å². The molecule has 5 fully saturated rings. The summed E-state index contributed by atoms with van der Waals surface area (Å²) in [6.45, 7) is 7.52. The molecule has 510 valence electrons. The number of anilines is 2. The Morgan fingerprint density at radius 1 is 0.421 bits per heavy atom. The molecule has 5 saturated carbocycles. The van der Waals surface area contributed by atoms with Gasteiger partial charge in [-0.25, -0.2) is 61.8 Å². The predicted molar refractivity (Wildman–Crippen MR) is 346 cm³/mol. The van der Waals surface area contributed by atoms with Crippen LogP contribution in [-0.2, 0) is 0 Å². The Hall–Kier alpha value is -8.00. The summed E-state index contributed by atoms with van der Waals surface area (Å²) in [5, 5.41) is 57.0. The maximum absolute atomic E-state index is 14.5. The standard InChI is InChI=1S/C14H17ClFN3.C14H18FN3O.2C12H15FN4O2.C12H14FN3O3/c1-3-8-4-9(11(16)7(8)2)10-5-17-13-12(10)18-6-19-14(13)15;1-3-8-4-9(11(15)7(8)2)10-5-16-13-12(10)17-6-18-14(13)19;2*13-8-6(1-5(3-18)11(8)19)7-2-15-10-9(7)16-4-17-12(10)14;13-8-6(1-5(3-17)11(8)18)7-2-14-10-9(7)15-4-16-12(10)19/h5-9,11,17H,3-4H2,1-2H3;5-9,11,16H,3-4H2,1-2H3,(H,17,18,19);2*2,4-6,8,11,15,18-19H,1,3H2,(H2,14,16,17);2,4-6,8,11,14,17-18H,1,3H2,(H,15,16,19)/t2*7-,8+,9+,11-;3*5-,6+,8+,11-/m11111/s1. The number of aromatic amines is 7. The zero-order chi connectivity index (χ0) is 67.8. The second-order valence-corrected chi connectivity index (χ2v) is 26.1. The van der Waals surface area contributed by atoms with Crippen molar-refractivity contribution in [3.8, 4) is 0 Å². The molecule has 5 aliphatic rings. The van der Waals surface area contributed by atoms with E-state index in [1.54, 1.807) is 24.8 Å². The van der Waals surface area contributed by atoms with Crippen molar-refractivity contribution in [2.45, 2.75) is 151 Å². The number of nitrogens with two attached hydrogens (primary N) is 2. The van der Waals surface area contributed by atoms with Crippen LogP contribution in [0, 0.1) is 41.4 Å². The van der Waals surface area contributed by atoms with Gasteiger partial charge in [0.1, 0.15) is 77.4 Å². The first-order valence-electron chi connectivity index (χ1n) is 31.9. The molecule has 0 aliphatic heterocycles. The van der Waals surface area contributed by atoms with Crippen LogP contribution < -0.4 is 22.6 Å². The number of fused-ring (bicyclic) bond motifs is 5. The van der Waals surface area contributed by atoms with Crippen LogP contribution in [0.1, 0.15) is 130 Å². The fourth-order valence-corrected chi connectivity index (χ4v) is 15.4. The highest BCUT2D eigenvalue weighted by Gasteiger charge is 2.48. The van der Waals surface area contributed by atoms with Crippen molar-refractivity contribution in [1.82, 2.24) is 74.8 Å². The Kier molecular flexibility index (Phi) is 20.7. The van der Waals surface area contributed by atoms with Crippen molar-refractivity contribution >= 4 is 78.4 Å². The number of aliphatic hydroxyl groups is 6. The van der Waals surface area contributed by atoms with Crippen LogP contribution in [0.5, 0.6) is 0 Å². The third-order valence-corrected chi connectivity index (χ3v) is 21.1. The average molecular weight is 1340 g/mol. The topological polar surface area (TPSA) is 421 Å². The Bertz CT molecular complexity index is 4010. The van der Waals surface area contributed by atoms with E-state index in [0.717, 1.165) is 42.3 Å². The Labute approximate surface area is 544 Å². The number of nitrogens with one attached hydrogen (secondary N) is 7. The van der Waals surface area contributed by atoms with E-state index in [1.165, 1.54) is 31.6 Å². The van der Waals surface area contributed by atoms with Gasteiger partial charge in [0.05, 0.1) is 58.6 Å². The molecule has 5 aliphatic carbocycles. The van der Waals surface area contributed by atoms with E-state index in [0.29, 0.717) is 114 Å². The molecule has 10 heterocycles. The number of alkyl halides is 5. The molecule has 0 spiro atoms. The van der Waals surface area contributed by atoms with Gasteiger partial charge >= 0.3 is 0 Å². The summed E-state index contributed by atoms with van der Waals surface area (Å²) in [5.41, 5.74) is 20.2. The maximum atomic E-state index is 14.5. The molecule has 95 heavy (non-hydrogen) atoms. The molecule has 10 aromatic rings. The molecule has 15 rings (SSSR count). The largest absolute Gasteiger partial charge is 0.396 e. The number of hydrogen-bond donors (Lipinski definition) is 15. The van der Waals surface area contributed by atoms with E-state index in [-0.39, 0.29) is 54.6 Å². The molecular weight excluding hydrogens is 1270 g/mol. The molecule has 0 unspecified atom stereocenters. The highest BCUT2D eigenvalue weighted by atomic mass is 35.5. The van der Waals surface area contributed by atoms with Crippen molar-refractivity contribution in [1.29, 1.82) is 0 Å². The summed E-state index contributed by atoms with van der Waals surface area (Å²) in [5.74, 6) is -1.48. The first-order valence-corrected chi connectivity index (χ1v) is 32.3. The third kappa shape index (κ3) is 12.9. The SMILES string of the molecule is CC[C@H]1C[C@@H](c2c[nH]c3c(=O)[nH]cnc23)[C@H](F)[C@@H]1C.CC[C@H]1C[C@@H](c2c[nH]c3c(Cl)ncnc23)[C@H](F)[C@@H]1C.Nc1ncnc2c([C@@H]3C[C@H](CO)[C@@H](O)[C@H]3F)c[nH]c12.Nc1ncnc2c([C@@H]3C[C@H](CO)[C@@H](O)[C@H]3F)c[nH]c12.O=c1[nH]cnc2c([C@@H]3C[C@H](CO)[C@@H](O)[C@H]3F)c[nH]c12. The molecule has 0 bridgehead atoms. The lowest BCUT2D eigenvalue weighted by Gasteiger charge is -2.14. The van der Waals surface area contributed by atoms with E-state index in [2.05, 4.69) is 88.6 Å². The lowest BCUT2D eigenvalue weighted by Crippen LogP contribution is -2.25. The quantitative estimate of drug-likeness (QED) is 0.0464. The number of nitrogens with zero attached hydrogens (tertiary/aromatic N) is 8. The van der Waals surface area contributed by atoms with E-state index >= 15 is 0 Å². The lowest BCUT2D eigenvalue weighted by atomic mass is 9.95. The van der Waals surface area contributed by atoms with Crippen LogP contribution >= 0.6 is 11.6 Å². The summed E-state index contributed by atoms with van der Waals surface area (Å²) >= 11 is 6.02. The molecule has 10 aromatic heterocycles. The number of H-pyrrole nitrogens is 7. The third-order valence-electron chi connectivity index (χ3n) is 20.9. The monoisotopic (exact) mass is 1340 g/mol. The van der Waals surface area contributed by atoms with Crippen LogP contribution in [0.4, 0.5) is 33.6 Å². The molecule has 0 amide bonds. The zero-order valence-corrected chi connectivity index (χ0v) is 53.1. The predicted octanol–water partition coefficient (Wildman–Crippen LogP) is 7.55. The van der Waals surface area contributed by atoms with Gasteiger partial charge in [0.25, 0.3) is 11.1 Å². The van der Waals surface area contributed by atoms with Gasteiger partial charge in [-0.3, -0.25) is 9.59 Å². The van der Waals surface area contributed by atoms with E-state index in [4.69, 9.17) is 38.4 Å². The van der Waals surface area contributed by atoms with Crippen molar-refractivity contribution in [2.75, 3.05) is 31.3 Å². The van der Waals surface area contributed by atoms with E-state index in [1.807, 2.05) is 20.0 Å². The smallest absolute Gasteiger partial charge is 0.275 e. The molecule has 0 saturated heterocycles. The Balaban J connectivity index is 0.000000121. The molecule has 31 heteroatoms. The van der Waals surface area contributed by atoms with Crippen molar-refractivity contribution in [3.63, 3.8) is 0 Å². The van der Waals surface area contributed by atoms with Gasteiger partial charge in [-0.05, 0) is 55.8 Å². The van der Waals surface area contributed by atoms with Gasteiger partial charge < -0.3 is 77.0 Å². The Morgan fingerprint density at radius 3 is 1.02 bits per heavy atom. The van der Waals surface area contributed by atoms with Crippen LogP contribution in [0.3, 0.4) is 0 Å². The summed E-state index contributed by atoms with van der Waals surface area (Å²) in [7, 11) is 0. The van der Waals surface area contributed by atoms with Crippen LogP contribution in [0.25, 0.3) is 55.2 Å². The van der Waals surface area contributed by atoms with Gasteiger partial charge in [-0.1, -0.05) is 52.1 Å². The minimum absolute atomic E-state index is 0.0712. The van der Waals surface area contributed by atoms with E-state index < -0.39 is 84.7 Å². The molecular formula is C64H79ClF5N17O8. The molecule has 17 N–H and O–H groups in total. The fourth-order valence-electron chi connectivity index (χ4n) is 15.2. The average Bonchev–Trinajstić information content (AvgIpc) is 1.68. The minimum Gasteiger partial charge on any atom is -0.396 e. The molecule has 20 atom stereocenters. The van der Waals surface area contributed by atoms with Crippen LogP contribution in [0.15, 0.2) is 72.2 Å². The zero-order valence-electron chi connectivity index (χ0n) is 52.4. The highest BCUT2D eigenvalue weighted by molar-refractivity contribution is 6.33. The number of rotatable bonds is 10. The van der Waals surface area contributed by atoms with Crippen molar-refractivity contribution in [3.05, 3.63) is 116 Å². The fraction of sp³-hybridized carbons (Fsp3) is 0.531. The summed E-state index contributed by atoms with van der Waals surface area (Å²) in [6.07, 6.45) is 10.6.